The van der Waals surface area contributed by atoms with Gasteiger partial charge in [-0.2, -0.15) is 0 Å². The van der Waals surface area contributed by atoms with E-state index in [1.165, 1.54) is 0 Å². The molecule has 0 fully saturated rings. The van der Waals surface area contributed by atoms with E-state index in [1.54, 1.807) is 25.1 Å². The molecule has 0 spiro atoms. The summed E-state index contributed by atoms with van der Waals surface area (Å²) >= 11 is 0. The summed E-state index contributed by atoms with van der Waals surface area (Å²) in [5.41, 5.74) is 0.841. The first-order valence-corrected chi connectivity index (χ1v) is 11.5. The number of sulfone groups is 1. The van der Waals surface area contributed by atoms with Gasteiger partial charge in [-0.05, 0) is 51.4 Å². The van der Waals surface area contributed by atoms with Gasteiger partial charge in [0.2, 0.25) is 0 Å². The molecule has 2 N–H and O–H groups in total. The Hall–Kier alpha value is -1.60. The van der Waals surface area contributed by atoms with Gasteiger partial charge in [0.1, 0.15) is 21.2 Å². The average Bonchev–Trinajstić information content (AvgIpc) is 2.59. The Kier molecular flexibility index (Phi) is 7.28. The molecule has 1 aromatic carbocycles. The molecule has 1 unspecified atom stereocenters. The van der Waals surface area contributed by atoms with E-state index in [-0.39, 0.29) is 28.7 Å². The van der Waals surface area contributed by atoms with Crippen molar-refractivity contribution >= 4 is 15.8 Å². The second-order valence-electron chi connectivity index (χ2n) is 7.78. The SMILES string of the molecule is CCS(=O)(=O)CCCCCCNC1CC(C)(C)Oc2ccc(C(=O)O)cc21. The van der Waals surface area contributed by atoms with Gasteiger partial charge in [-0.25, -0.2) is 13.2 Å². The lowest BCUT2D eigenvalue weighted by Crippen LogP contribution is -2.39. The van der Waals surface area contributed by atoms with Crippen LogP contribution in [0.5, 0.6) is 5.75 Å². The fourth-order valence-corrected chi connectivity index (χ4v) is 4.32. The zero-order valence-electron chi connectivity index (χ0n) is 16.5. The van der Waals surface area contributed by atoms with Crippen LogP contribution >= 0.6 is 0 Å². The van der Waals surface area contributed by atoms with E-state index in [9.17, 15) is 18.3 Å². The number of aromatic carboxylic acids is 1. The second kappa shape index (κ2) is 9.06. The maximum Gasteiger partial charge on any atom is 0.335 e. The molecule has 7 heteroatoms. The minimum absolute atomic E-state index is 0.0449. The summed E-state index contributed by atoms with van der Waals surface area (Å²) in [5.74, 6) is 0.282. The third-order valence-electron chi connectivity index (χ3n) is 4.93. The molecule has 0 radical (unpaired) electrons. The molecule has 1 aliphatic heterocycles. The quantitative estimate of drug-likeness (QED) is 0.586. The molecule has 0 saturated carbocycles. The van der Waals surface area contributed by atoms with Crippen molar-refractivity contribution in [3.8, 4) is 5.75 Å². The number of nitrogens with one attached hydrogen (secondary N) is 1. The Morgan fingerprint density at radius 2 is 1.96 bits per heavy atom. The number of carboxylic acid groups (broad SMARTS) is 1. The maximum atomic E-state index is 11.5. The molecule has 1 aliphatic rings. The second-order valence-corrected chi connectivity index (χ2v) is 10.3. The van der Waals surface area contributed by atoms with Crippen LogP contribution in [0.1, 0.15) is 74.8 Å². The van der Waals surface area contributed by atoms with E-state index in [2.05, 4.69) is 5.32 Å². The zero-order valence-corrected chi connectivity index (χ0v) is 17.3. The molecule has 1 heterocycles. The largest absolute Gasteiger partial charge is 0.487 e. The van der Waals surface area contributed by atoms with Crippen LogP contribution in [0.4, 0.5) is 0 Å². The van der Waals surface area contributed by atoms with Crippen molar-refractivity contribution in [1.82, 2.24) is 5.32 Å². The molecule has 27 heavy (non-hydrogen) atoms. The highest BCUT2D eigenvalue weighted by molar-refractivity contribution is 7.91. The van der Waals surface area contributed by atoms with Gasteiger partial charge in [0, 0.05) is 23.8 Å². The Bertz CT molecular complexity index is 758. The fourth-order valence-electron chi connectivity index (χ4n) is 3.39. The summed E-state index contributed by atoms with van der Waals surface area (Å²) in [4.78, 5) is 11.3. The van der Waals surface area contributed by atoms with Crippen LogP contribution in [0.15, 0.2) is 18.2 Å². The van der Waals surface area contributed by atoms with Crippen LogP contribution in [0, 0.1) is 0 Å². The Labute approximate surface area is 162 Å². The molecule has 6 nitrogen and oxygen atoms in total. The summed E-state index contributed by atoms with van der Waals surface area (Å²) in [6.07, 6.45) is 4.31. The fraction of sp³-hybridized carbons (Fsp3) is 0.650. The number of hydrogen-bond acceptors (Lipinski definition) is 5. The lowest BCUT2D eigenvalue weighted by atomic mass is 9.88. The van der Waals surface area contributed by atoms with Crippen molar-refractivity contribution in [2.45, 2.75) is 64.5 Å². The third kappa shape index (κ3) is 6.50. The standard InChI is InChI=1S/C20H31NO5S/c1-4-27(24,25)12-8-6-5-7-11-21-17-14-20(2,3)26-18-10-9-15(19(22)23)13-16(17)18/h9-10,13,17,21H,4-8,11-12,14H2,1-3H3,(H,22,23). The number of rotatable bonds is 10. The van der Waals surface area contributed by atoms with Gasteiger partial charge in [-0.15, -0.1) is 0 Å². The van der Waals surface area contributed by atoms with Gasteiger partial charge in [0.25, 0.3) is 0 Å². The smallest absolute Gasteiger partial charge is 0.335 e. The predicted molar refractivity (Wildman–Crippen MR) is 106 cm³/mol. The minimum Gasteiger partial charge on any atom is -0.487 e. The van der Waals surface area contributed by atoms with Crippen molar-refractivity contribution in [1.29, 1.82) is 0 Å². The number of benzene rings is 1. The summed E-state index contributed by atoms with van der Waals surface area (Å²) < 4.78 is 29.0. The monoisotopic (exact) mass is 397 g/mol. The Morgan fingerprint density at radius 1 is 1.26 bits per heavy atom. The zero-order chi connectivity index (χ0) is 20.1. The lowest BCUT2D eigenvalue weighted by molar-refractivity contribution is 0.0653. The first-order valence-electron chi connectivity index (χ1n) is 9.63. The normalized spacial score (nSPS) is 18.6. The molecule has 0 bridgehead atoms. The number of carboxylic acids is 1. The van der Waals surface area contributed by atoms with Crippen LogP contribution < -0.4 is 10.1 Å². The van der Waals surface area contributed by atoms with Crippen molar-refractivity contribution in [3.05, 3.63) is 29.3 Å². The minimum atomic E-state index is -2.86. The summed E-state index contributed by atoms with van der Waals surface area (Å²) in [5, 5.41) is 12.8. The Morgan fingerprint density at radius 3 is 2.63 bits per heavy atom. The van der Waals surface area contributed by atoms with Gasteiger partial charge >= 0.3 is 5.97 Å². The molecule has 1 aromatic rings. The summed E-state index contributed by atoms with van der Waals surface area (Å²) in [6.45, 7) is 6.55. The molecule has 152 valence electrons. The lowest BCUT2D eigenvalue weighted by Gasteiger charge is -2.38. The van der Waals surface area contributed by atoms with Gasteiger partial charge in [0.05, 0.1) is 11.3 Å². The topological polar surface area (TPSA) is 92.7 Å². The maximum absolute atomic E-state index is 11.5. The first kappa shape index (κ1) is 21.7. The van der Waals surface area contributed by atoms with E-state index in [4.69, 9.17) is 4.74 Å². The molecular weight excluding hydrogens is 366 g/mol. The molecule has 2 rings (SSSR count). The van der Waals surface area contributed by atoms with Crippen LogP contribution in [-0.4, -0.2) is 43.1 Å². The van der Waals surface area contributed by atoms with Gasteiger partial charge in [-0.1, -0.05) is 19.8 Å². The molecular formula is C20H31NO5S. The van der Waals surface area contributed by atoms with E-state index >= 15 is 0 Å². The molecule has 0 saturated heterocycles. The number of ether oxygens (including phenoxy) is 1. The molecule has 0 aromatic heterocycles. The van der Waals surface area contributed by atoms with Crippen LogP contribution in [0.25, 0.3) is 0 Å². The number of fused-ring (bicyclic) bond motifs is 1. The van der Waals surface area contributed by atoms with Crippen molar-refractivity contribution in [2.75, 3.05) is 18.1 Å². The van der Waals surface area contributed by atoms with Crippen LogP contribution in [0.2, 0.25) is 0 Å². The van der Waals surface area contributed by atoms with Crippen LogP contribution in [-0.2, 0) is 9.84 Å². The number of carbonyl (C=O) groups is 1. The van der Waals surface area contributed by atoms with Crippen molar-refractivity contribution in [3.63, 3.8) is 0 Å². The Balaban J connectivity index is 1.87. The van der Waals surface area contributed by atoms with Gasteiger partial charge < -0.3 is 15.2 Å². The van der Waals surface area contributed by atoms with Crippen LogP contribution in [0.3, 0.4) is 0 Å². The van der Waals surface area contributed by atoms with Crippen molar-refractivity contribution in [2.24, 2.45) is 0 Å². The summed E-state index contributed by atoms with van der Waals surface area (Å²) in [6, 6.07) is 5.05. The number of unbranched alkanes of at least 4 members (excludes halogenated alkanes) is 3. The third-order valence-corrected chi connectivity index (χ3v) is 6.72. The predicted octanol–water partition coefficient (Wildman–Crippen LogP) is 3.57. The van der Waals surface area contributed by atoms with E-state index in [1.807, 2.05) is 13.8 Å². The van der Waals surface area contributed by atoms with E-state index in [0.29, 0.717) is 6.42 Å². The highest BCUT2D eigenvalue weighted by Gasteiger charge is 2.33. The number of hydrogen-bond donors (Lipinski definition) is 2. The first-order chi connectivity index (χ1) is 12.6. The molecule has 0 aliphatic carbocycles. The average molecular weight is 398 g/mol. The van der Waals surface area contributed by atoms with E-state index in [0.717, 1.165) is 43.5 Å². The highest BCUT2D eigenvalue weighted by atomic mass is 32.2. The molecule has 0 amide bonds. The van der Waals surface area contributed by atoms with Gasteiger partial charge in [-0.3, -0.25) is 0 Å². The van der Waals surface area contributed by atoms with E-state index < -0.39 is 15.8 Å². The highest BCUT2D eigenvalue weighted by Crippen LogP contribution is 2.39. The summed E-state index contributed by atoms with van der Waals surface area (Å²) in [7, 11) is -2.86. The molecule has 1 atom stereocenters. The van der Waals surface area contributed by atoms with Gasteiger partial charge in [0.15, 0.2) is 0 Å². The van der Waals surface area contributed by atoms with Crippen molar-refractivity contribution < 1.29 is 23.1 Å².